The minimum absolute atomic E-state index is 0.239. The van der Waals surface area contributed by atoms with Crippen LogP contribution in [0.15, 0.2) is 24.4 Å². The van der Waals surface area contributed by atoms with Gasteiger partial charge in [-0.15, -0.1) is 0 Å². The largest absolute Gasteiger partial charge is 0.494 e. The van der Waals surface area contributed by atoms with Crippen molar-refractivity contribution >= 4 is 0 Å². The minimum Gasteiger partial charge on any atom is -0.494 e. The molecule has 0 bridgehead atoms. The number of nitrogens with zero attached hydrogens (tertiary/aromatic N) is 2. The molecule has 5 heteroatoms. The van der Waals surface area contributed by atoms with Crippen molar-refractivity contribution in [3.63, 3.8) is 0 Å². The van der Waals surface area contributed by atoms with Crippen molar-refractivity contribution in [2.24, 2.45) is 7.05 Å². The number of imidazole rings is 1. The summed E-state index contributed by atoms with van der Waals surface area (Å²) < 4.78 is 20.4. The number of aromatic nitrogens is 2. The molecule has 0 atom stereocenters. The summed E-state index contributed by atoms with van der Waals surface area (Å²) in [5, 5.41) is 3.04. The highest BCUT2D eigenvalue weighted by molar-refractivity contribution is 5.57. The first-order valence-electron chi connectivity index (χ1n) is 5.66. The number of methoxy groups -OCH3 is 1. The predicted molar refractivity (Wildman–Crippen MR) is 67.9 cm³/mol. The van der Waals surface area contributed by atoms with Gasteiger partial charge in [0.15, 0.2) is 11.6 Å². The van der Waals surface area contributed by atoms with Crippen molar-refractivity contribution < 1.29 is 9.13 Å². The van der Waals surface area contributed by atoms with E-state index in [1.807, 2.05) is 24.9 Å². The Kier molecular flexibility index (Phi) is 3.62. The Morgan fingerprint density at radius 2 is 2.22 bits per heavy atom. The molecule has 0 amide bonds. The summed E-state index contributed by atoms with van der Waals surface area (Å²) in [6.45, 7) is 0.687. The molecule has 0 spiro atoms. The van der Waals surface area contributed by atoms with Crippen LogP contribution in [0.3, 0.4) is 0 Å². The second-order valence-electron chi connectivity index (χ2n) is 4.05. The maximum Gasteiger partial charge on any atom is 0.165 e. The molecule has 1 heterocycles. The van der Waals surface area contributed by atoms with Crippen LogP contribution >= 0.6 is 0 Å². The molecule has 0 aliphatic rings. The van der Waals surface area contributed by atoms with Gasteiger partial charge in [-0.3, -0.25) is 0 Å². The van der Waals surface area contributed by atoms with E-state index in [2.05, 4.69) is 10.3 Å². The van der Waals surface area contributed by atoms with Crippen LogP contribution in [0.2, 0.25) is 0 Å². The fourth-order valence-corrected chi connectivity index (χ4v) is 1.87. The van der Waals surface area contributed by atoms with E-state index in [1.165, 1.54) is 13.2 Å². The highest BCUT2D eigenvalue weighted by atomic mass is 19.1. The molecule has 2 rings (SSSR count). The molecule has 0 aliphatic heterocycles. The number of halogens is 1. The third kappa shape index (κ3) is 2.36. The van der Waals surface area contributed by atoms with Crippen LogP contribution in [0.1, 0.15) is 5.69 Å². The molecule has 2 aromatic rings. The molecular weight excluding hydrogens is 233 g/mol. The minimum atomic E-state index is -0.381. The molecule has 96 valence electrons. The Bertz CT molecular complexity index is 551. The summed E-state index contributed by atoms with van der Waals surface area (Å²) in [4.78, 5) is 4.46. The SMILES string of the molecule is CNCc1cn(C)c(-c2ccc(OC)c(F)c2)n1. The van der Waals surface area contributed by atoms with Crippen LogP contribution in [0.5, 0.6) is 5.75 Å². The average molecular weight is 249 g/mol. The van der Waals surface area contributed by atoms with Crippen LogP contribution in [0.25, 0.3) is 11.4 Å². The fraction of sp³-hybridized carbons (Fsp3) is 0.308. The van der Waals surface area contributed by atoms with Crippen molar-refractivity contribution in [3.8, 4) is 17.1 Å². The van der Waals surface area contributed by atoms with Gasteiger partial charge in [0.25, 0.3) is 0 Å². The molecule has 4 nitrogen and oxygen atoms in total. The standard InChI is InChI=1S/C13H16FN3O/c1-15-7-10-8-17(2)13(16-10)9-4-5-12(18-3)11(14)6-9/h4-6,8,15H,7H2,1-3H3. The van der Waals surface area contributed by atoms with Gasteiger partial charge in [-0.25, -0.2) is 9.37 Å². The number of aryl methyl sites for hydroxylation is 1. The third-order valence-electron chi connectivity index (χ3n) is 2.69. The Hall–Kier alpha value is -1.88. The normalized spacial score (nSPS) is 10.7. The van der Waals surface area contributed by atoms with Crippen LogP contribution in [-0.2, 0) is 13.6 Å². The molecule has 18 heavy (non-hydrogen) atoms. The first-order valence-corrected chi connectivity index (χ1v) is 5.66. The van der Waals surface area contributed by atoms with E-state index in [0.717, 1.165) is 17.1 Å². The highest BCUT2D eigenvalue weighted by Gasteiger charge is 2.10. The summed E-state index contributed by atoms with van der Waals surface area (Å²) in [7, 11) is 5.20. The quantitative estimate of drug-likeness (QED) is 0.900. The van der Waals surface area contributed by atoms with Gasteiger partial charge in [0, 0.05) is 25.4 Å². The van der Waals surface area contributed by atoms with Crippen LogP contribution in [-0.4, -0.2) is 23.7 Å². The van der Waals surface area contributed by atoms with E-state index < -0.39 is 0 Å². The molecular formula is C13H16FN3O. The van der Waals surface area contributed by atoms with Crippen molar-refractivity contribution in [2.75, 3.05) is 14.2 Å². The Labute approximate surface area is 105 Å². The Morgan fingerprint density at radius 1 is 1.44 bits per heavy atom. The lowest BCUT2D eigenvalue weighted by Gasteiger charge is -2.05. The van der Waals surface area contributed by atoms with Crippen molar-refractivity contribution in [3.05, 3.63) is 35.9 Å². The Balaban J connectivity index is 2.39. The zero-order valence-corrected chi connectivity index (χ0v) is 10.7. The van der Waals surface area contributed by atoms with Gasteiger partial charge < -0.3 is 14.6 Å². The van der Waals surface area contributed by atoms with E-state index in [-0.39, 0.29) is 11.6 Å². The van der Waals surface area contributed by atoms with Gasteiger partial charge in [0.1, 0.15) is 5.82 Å². The fourth-order valence-electron chi connectivity index (χ4n) is 1.87. The molecule has 1 N–H and O–H groups in total. The molecule has 0 saturated heterocycles. The molecule has 1 aromatic heterocycles. The van der Waals surface area contributed by atoms with Gasteiger partial charge in [-0.2, -0.15) is 0 Å². The molecule has 0 unspecified atom stereocenters. The molecule has 0 aliphatic carbocycles. The summed E-state index contributed by atoms with van der Waals surface area (Å²) in [6, 6.07) is 4.84. The lowest BCUT2D eigenvalue weighted by Crippen LogP contribution is -2.04. The number of nitrogens with one attached hydrogen (secondary N) is 1. The first-order chi connectivity index (χ1) is 8.65. The number of hydrogen-bond donors (Lipinski definition) is 1. The molecule has 0 radical (unpaired) electrons. The zero-order chi connectivity index (χ0) is 13.1. The van der Waals surface area contributed by atoms with E-state index in [0.29, 0.717) is 6.54 Å². The molecule has 0 fully saturated rings. The van der Waals surface area contributed by atoms with E-state index in [9.17, 15) is 4.39 Å². The van der Waals surface area contributed by atoms with Crippen molar-refractivity contribution in [1.82, 2.24) is 14.9 Å². The zero-order valence-electron chi connectivity index (χ0n) is 10.7. The number of benzene rings is 1. The number of hydrogen-bond acceptors (Lipinski definition) is 3. The van der Waals surface area contributed by atoms with E-state index in [4.69, 9.17) is 4.74 Å². The molecule has 1 aromatic carbocycles. The Morgan fingerprint density at radius 3 is 2.83 bits per heavy atom. The van der Waals surface area contributed by atoms with Gasteiger partial charge >= 0.3 is 0 Å². The van der Waals surface area contributed by atoms with Gasteiger partial charge in [-0.1, -0.05) is 0 Å². The lowest BCUT2D eigenvalue weighted by atomic mass is 10.2. The first kappa shape index (κ1) is 12.6. The van der Waals surface area contributed by atoms with E-state index >= 15 is 0 Å². The van der Waals surface area contributed by atoms with Crippen LogP contribution in [0, 0.1) is 5.82 Å². The monoisotopic (exact) mass is 249 g/mol. The van der Waals surface area contributed by atoms with Crippen LogP contribution in [0.4, 0.5) is 4.39 Å². The van der Waals surface area contributed by atoms with Gasteiger partial charge in [-0.05, 0) is 25.2 Å². The predicted octanol–water partition coefficient (Wildman–Crippen LogP) is 1.95. The summed E-state index contributed by atoms with van der Waals surface area (Å²) in [5.41, 5.74) is 1.66. The second kappa shape index (κ2) is 5.18. The van der Waals surface area contributed by atoms with Crippen LogP contribution < -0.4 is 10.1 Å². The smallest absolute Gasteiger partial charge is 0.165 e. The number of ether oxygens (including phenoxy) is 1. The van der Waals surface area contributed by atoms with Crippen molar-refractivity contribution in [2.45, 2.75) is 6.54 Å². The second-order valence-corrected chi connectivity index (χ2v) is 4.05. The van der Waals surface area contributed by atoms with Gasteiger partial charge in [0.05, 0.1) is 12.8 Å². The molecule has 0 saturated carbocycles. The average Bonchev–Trinajstić information content (AvgIpc) is 2.71. The van der Waals surface area contributed by atoms with Gasteiger partial charge in [0.2, 0.25) is 0 Å². The summed E-state index contributed by atoms with van der Waals surface area (Å²) in [6.07, 6.45) is 1.92. The summed E-state index contributed by atoms with van der Waals surface area (Å²) >= 11 is 0. The topological polar surface area (TPSA) is 39.1 Å². The van der Waals surface area contributed by atoms with E-state index in [1.54, 1.807) is 12.1 Å². The van der Waals surface area contributed by atoms with Crippen molar-refractivity contribution in [1.29, 1.82) is 0 Å². The highest BCUT2D eigenvalue weighted by Crippen LogP contribution is 2.24. The number of rotatable bonds is 4. The maximum atomic E-state index is 13.6. The summed E-state index contributed by atoms with van der Waals surface area (Å²) in [5.74, 6) is 0.596. The maximum absolute atomic E-state index is 13.6. The lowest BCUT2D eigenvalue weighted by molar-refractivity contribution is 0.386. The third-order valence-corrected chi connectivity index (χ3v) is 2.69.